The number of urea groups is 1. The molecule has 1 fully saturated rings. The van der Waals surface area contributed by atoms with Gasteiger partial charge in [0.2, 0.25) is 0 Å². The van der Waals surface area contributed by atoms with Crippen LogP contribution in [0.15, 0.2) is 59.1 Å². The Labute approximate surface area is 176 Å². The molecule has 0 bridgehead atoms. The van der Waals surface area contributed by atoms with Crippen molar-refractivity contribution < 1.29 is 14.1 Å². The second kappa shape index (κ2) is 9.43. The number of benzene rings is 2. The highest BCUT2D eigenvalue weighted by Gasteiger charge is 2.27. The Morgan fingerprint density at radius 3 is 2.77 bits per heavy atom. The lowest BCUT2D eigenvalue weighted by Crippen LogP contribution is -2.39. The van der Waals surface area contributed by atoms with Crippen LogP contribution in [0.5, 0.6) is 5.75 Å². The smallest absolute Gasteiger partial charge is 0.317 e. The molecule has 3 aromatic rings. The summed E-state index contributed by atoms with van der Waals surface area (Å²) in [5.41, 5.74) is 2.09. The van der Waals surface area contributed by atoms with Crippen molar-refractivity contribution in [2.24, 2.45) is 5.92 Å². The summed E-state index contributed by atoms with van der Waals surface area (Å²) in [6.07, 6.45) is 2.48. The molecule has 1 unspecified atom stereocenters. The number of aromatic nitrogens is 2. The molecule has 0 radical (unpaired) electrons. The molecule has 1 aliphatic rings. The highest BCUT2D eigenvalue weighted by Crippen LogP contribution is 2.23. The number of hydrogen-bond acceptors (Lipinski definition) is 5. The molecule has 1 saturated heterocycles. The van der Waals surface area contributed by atoms with Crippen molar-refractivity contribution in [3.05, 3.63) is 66.0 Å². The van der Waals surface area contributed by atoms with Crippen LogP contribution in [0.25, 0.3) is 11.5 Å². The van der Waals surface area contributed by atoms with Crippen molar-refractivity contribution in [1.82, 2.24) is 20.4 Å². The van der Waals surface area contributed by atoms with Gasteiger partial charge in [0.15, 0.2) is 5.82 Å². The lowest BCUT2D eigenvalue weighted by molar-refractivity contribution is 0.207. The minimum Gasteiger partial charge on any atom is -0.497 e. The zero-order valence-corrected chi connectivity index (χ0v) is 17.1. The summed E-state index contributed by atoms with van der Waals surface area (Å²) in [4.78, 5) is 18.8. The molecule has 1 aliphatic heterocycles. The largest absolute Gasteiger partial charge is 0.497 e. The van der Waals surface area contributed by atoms with Gasteiger partial charge in [0.1, 0.15) is 5.75 Å². The quantitative estimate of drug-likeness (QED) is 0.649. The molecule has 0 spiro atoms. The first-order chi connectivity index (χ1) is 14.7. The van der Waals surface area contributed by atoms with Gasteiger partial charge in [-0.3, -0.25) is 0 Å². The van der Waals surface area contributed by atoms with Crippen LogP contribution < -0.4 is 10.1 Å². The van der Waals surface area contributed by atoms with Crippen LogP contribution in [0.3, 0.4) is 0 Å². The van der Waals surface area contributed by atoms with E-state index in [1.165, 1.54) is 5.56 Å². The first-order valence-electron chi connectivity index (χ1n) is 10.2. The van der Waals surface area contributed by atoms with E-state index in [1.807, 2.05) is 47.4 Å². The fraction of sp³-hybridized carbons (Fsp3) is 0.348. The second-order valence-electron chi connectivity index (χ2n) is 7.52. The molecule has 0 saturated carbocycles. The third-order valence-electron chi connectivity index (χ3n) is 5.38. The van der Waals surface area contributed by atoms with Crippen molar-refractivity contribution in [3.8, 4) is 17.2 Å². The van der Waals surface area contributed by atoms with Gasteiger partial charge >= 0.3 is 6.03 Å². The van der Waals surface area contributed by atoms with Gasteiger partial charge in [-0.15, -0.1) is 0 Å². The third kappa shape index (κ3) is 4.97. The summed E-state index contributed by atoms with van der Waals surface area (Å²) in [6.45, 7) is 2.11. The maximum atomic E-state index is 12.4. The van der Waals surface area contributed by atoms with E-state index in [0.29, 0.717) is 37.1 Å². The summed E-state index contributed by atoms with van der Waals surface area (Å²) >= 11 is 0. The third-order valence-corrected chi connectivity index (χ3v) is 5.38. The van der Waals surface area contributed by atoms with Gasteiger partial charge in [0.25, 0.3) is 5.89 Å². The molecule has 1 atom stereocenters. The van der Waals surface area contributed by atoms with Crippen LogP contribution in [-0.2, 0) is 12.8 Å². The summed E-state index contributed by atoms with van der Waals surface area (Å²) in [5.74, 6) is 2.30. The van der Waals surface area contributed by atoms with E-state index in [9.17, 15) is 4.79 Å². The van der Waals surface area contributed by atoms with Crippen molar-refractivity contribution in [3.63, 3.8) is 0 Å². The summed E-state index contributed by atoms with van der Waals surface area (Å²) in [6, 6.07) is 17.7. The first-order valence-corrected chi connectivity index (χ1v) is 10.2. The Morgan fingerprint density at radius 2 is 2.00 bits per heavy atom. The van der Waals surface area contributed by atoms with Crippen LogP contribution in [0.1, 0.15) is 17.8 Å². The van der Waals surface area contributed by atoms with Crippen molar-refractivity contribution in [2.45, 2.75) is 19.3 Å². The Morgan fingerprint density at radius 1 is 1.20 bits per heavy atom. The van der Waals surface area contributed by atoms with Crippen LogP contribution in [0, 0.1) is 5.92 Å². The standard InChI is InChI=1S/C23H26N4O3/c1-29-20-9-7-19(8-10-20)22-25-21(26-30-22)15-18-12-14-27(16-18)23(28)24-13-11-17-5-3-2-4-6-17/h2-10,18H,11-16H2,1H3,(H,24,28). The molecule has 1 aromatic heterocycles. The van der Waals surface area contributed by atoms with Gasteiger partial charge < -0.3 is 19.5 Å². The highest BCUT2D eigenvalue weighted by atomic mass is 16.5. The Balaban J connectivity index is 1.24. The Hall–Kier alpha value is -3.35. The van der Waals surface area contributed by atoms with Crippen molar-refractivity contribution in [1.29, 1.82) is 0 Å². The predicted molar refractivity (Wildman–Crippen MR) is 113 cm³/mol. The van der Waals surface area contributed by atoms with E-state index >= 15 is 0 Å². The molecular weight excluding hydrogens is 380 g/mol. The number of rotatable bonds is 7. The van der Waals surface area contributed by atoms with Crippen molar-refractivity contribution in [2.75, 3.05) is 26.7 Å². The zero-order chi connectivity index (χ0) is 20.8. The van der Waals surface area contributed by atoms with Gasteiger partial charge in [0.05, 0.1) is 7.11 Å². The minimum atomic E-state index is 0.000431. The van der Waals surface area contributed by atoms with Crippen LogP contribution in [0.2, 0.25) is 0 Å². The first kappa shape index (κ1) is 19.9. The van der Waals surface area contributed by atoms with E-state index in [-0.39, 0.29) is 6.03 Å². The van der Waals surface area contributed by atoms with E-state index in [0.717, 1.165) is 30.7 Å². The highest BCUT2D eigenvalue weighted by molar-refractivity contribution is 5.74. The van der Waals surface area contributed by atoms with Gasteiger partial charge in [0, 0.05) is 31.6 Å². The molecule has 7 heteroatoms. The van der Waals surface area contributed by atoms with Gasteiger partial charge in [-0.2, -0.15) is 4.98 Å². The number of hydrogen-bond donors (Lipinski definition) is 1. The van der Waals surface area contributed by atoms with Crippen molar-refractivity contribution >= 4 is 6.03 Å². The molecule has 2 aromatic carbocycles. The molecule has 0 aliphatic carbocycles. The molecule has 4 rings (SSSR count). The van der Waals surface area contributed by atoms with E-state index < -0.39 is 0 Å². The number of likely N-dealkylation sites (tertiary alicyclic amines) is 1. The number of nitrogens with zero attached hydrogens (tertiary/aromatic N) is 3. The fourth-order valence-electron chi connectivity index (χ4n) is 3.70. The maximum Gasteiger partial charge on any atom is 0.317 e. The van der Waals surface area contributed by atoms with Crippen LogP contribution in [0.4, 0.5) is 4.79 Å². The minimum absolute atomic E-state index is 0.000431. The topological polar surface area (TPSA) is 80.5 Å². The monoisotopic (exact) mass is 406 g/mol. The van der Waals surface area contributed by atoms with Crippen LogP contribution in [-0.4, -0.2) is 47.8 Å². The predicted octanol–water partition coefficient (Wildman–Crippen LogP) is 3.56. The molecule has 2 amide bonds. The number of ether oxygens (including phenoxy) is 1. The summed E-state index contributed by atoms with van der Waals surface area (Å²) in [5, 5.41) is 7.13. The van der Waals surface area contributed by atoms with E-state index in [4.69, 9.17) is 9.26 Å². The van der Waals surface area contributed by atoms with Gasteiger partial charge in [-0.25, -0.2) is 4.79 Å². The number of nitrogens with one attached hydrogen (secondary N) is 1. The Kier molecular flexibility index (Phi) is 6.27. The lowest BCUT2D eigenvalue weighted by atomic mass is 10.1. The lowest BCUT2D eigenvalue weighted by Gasteiger charge is -2.17. The summed E-state index contributed by atoms with van der Waals surface area (Å²) < 4.78 is 10.6. The molecular formula is C23H26N4O3. The average Bonchev–Trinajstić information content (AvgIpc) is 3.45. The number of carbonyl (C=O) groups is 1. The molecule has 2 heterocycles. The number of carbonyl (C=O) groups excluding carboxylic acids is 1. The zero-order valence-electron chi connectivity index (χ0n) is 17.1. The fourth-order valence-corrected chi connectivity index (χ4v) is 3.70. The van der Waals surface area contributed by atoms with E-state index in [1.54, 1.807) is 7.11 Å². The second-order valence-corrected chi connectivity index (χ2v) is 7.52. The average molecular weight is 406 g/mol. The SMILES string of the molecule is COc1ccc(-c2nc(CC3CCN(C(=O)NCCc4ccccc4)C3)no2)cc1. The molecule has 156 valence electrons. The molecule has 7 nitrogen and oxygen atoms in total. The molecule has 1 N–H and O–H groups in total. The van der Waals surface area contributed by atoms with E-state index in [2.05, 4.69) is 27.6 Å². The normalized spacial score (nSPS) is 15.9. The van der Waals surface area contributed by atoms with Gasteiger partial charge in [-0.1, -0.05) is 35.5 Å². The summed E-state index contributed by atoms with van der Waals surface area (Å²) in [7, 11) is 1.63. The van der Waals surface area contributed by atoms with Crippen LogP contribution >= 0.6 is 0 Å². The Bertz CT molecular complexity index is 956. The number of methoxy groups -OCH3 is 1. The molecule has 30 heavy (non-hydrogen) atoms. The van der Waals surface area contributed by atoms with Gasteiger partial charge in [-0.05, 0) is 48.6 Å². The number of amides is 2. The maximum absolute atomic E-state index is 12.4.